The van der Waals surface area contributed by atoms with E-state index in [1.165, 1.54) is 16.2 Å². The molecule has 0 fully saturated rings. The number of imide groups is 1. The molecule has 0 saturated carbocycles. The van der Waals surface area contributed by atoms with Gasteiger partial charge in [0.05, 0.1) is 16.8 Å². The van der Waals surface area contributed by atoms with Gasteiger partial charge in [-0.1, -0.05) is 12.1 Å². The van der Waals surface area contributed by atoms with Gasteiger partial charge in [-0.05, 0) is 36.4 Å². The molecule has 0 saturated heterocycles. The first-order valence-corrected chi connectivity index (χ1v) is 8.21. The molecule has 1 aromatic heterocycles. The smallest absolute Gasteiger partial charge is 0.266 e. The molecular weight excluding hydrogens is 324 g/mol. The summed E-state index contributed by atoms with van der Waals surface area (Å²) >= 11 is 1.53. The topological polar surface area (TPSA) is 59.5 Å². The molecule has 5 nitrogen and oxygen atoms in total. The number of carbonyl (C=O) groups excluding carboxylic acids is 2. The van der Waals surface area contributed by atoms with Crippen molar-refractivity contribution < 1.29 is 14.3 Å². The first-order chi connectivity index (χ1) is 11.7. The molecule has 6 heteroatoms. The van der Waals surface area contributed by atoms with Crippen molar-refractivity contribution in [1.29, 1.82) is 0 Å². The molecule has 24 heavy (non-hydrogen) atoms. The second-order valence-electron chi connectivity index (χ2n) is 5.20. The number of ether oxygens (including phenoxy) is 1. The van der Waals surface area contributed by atoms with Gasteiger partial charge in [-0.25, -0.2) is 9.88 Å². The minimum Gasteiger partial charge on any atom is -0.486 e. The zero-order valence-corrected chi connectivity index (χ0v) is 13.3. The van der Waals surface area contributed by atoms with E-state index >= 15 is 0 Å². The van der Waals surface area contributed by atoms with Crippen molar-refractivity contribution in [1.82, 2.24) is 4.98 Å². The summed E-state index contributed by atoms with van der Waals surface area (Å²) in [7, 11) is 0. The van der Waals surface area contributed by atoms with Gasteiger partial charge >= 0.3 is 0 Å². The van der Waals surface area contributed by atoms with Crippen LogP contribution in [0, 0.1) is 0 Å². The Balaban J connectivity index is 1.53. The molecule has 0 bridgehead atoms. The van der Waals surface area contributed by atoms with Crippen LogP contribution in [0.1, 0.15) is 25.7 Å². The molecule has 0 spiro atoms. The van der Waals surface area contributed by atoms with Gasteiger partial charge in [0.1, 0.15) is 17.4 Å². The highest BCUT2D eigenvalue weighted by atomic mass is 32.1. The van der Waals surface area contributed by atoms with Crippen molar-refractivity contribution in [2.75, 3.05) is 4.90 Å². The van der Waals surface area contributed by atoms with Crippen LogP contribution in [0.3, 0.4) is 0 Å². The van der Waals surface area contributed by atoms with Crippen LogP contribution in [0.4, 0.5) is 5.69 Å². The van der Waals surface area contributed by atoms with Gasteiger partial charge < -0.3 is 4.74 Å². The Morgan fingerprint density at radius 3 is 2.21 bits per heavy atom. The lowest BCUT2D eigenvalue weighted by Gasteiger charge is -2.14. The number of amides is 2. The highest BCUT2D eigenvalue weighted by Crippen LogP contribution is 2.29. The van der Waals surface area contributed by atoms with Crippen LogP contribution >= 0.6 is 11.3 Å². The maximum Gasteiger partial charge on any atom is 0.266 e. The summed E-state index contributed by atoms with van der Waals surface area (Å²) in [5.74, 6) is 0.0599. The highest BCUT2D eigenvalue weighted by Gasteiger charge is 2.36. The van der Waals surface area contributed by atoms with E-state index in [1.54, 1.807) is 54.7 Å². The molecule has 0 atom stereocenters. The predicted octanol–water partition coefficient (Wildman–Crippen LogP) is 3.52. The number of benzene rings is 2. The lowest BCUT2D eigenvalue weighted by atomic mass is 10.1. The molecule has 0 N–H and O–H groups in total. The Morgan fingerprint density at radius 2 is 1.62 bits per heavy atom. The minimum absolute atomic E-state index is 0.299. The van der Waals surface area contributed by atoms with Gasteiger partial charge in [0.2, 0.25) is 0 Å². The Labute approximate surface area is 142 Å². The fourth-order valence-corrected chi connectivity index (χ4v) is 3.11. The Hall–Kier alpha value is -2.99. The maximum absolute atomic E-state index is 12.4. The lowest BCUT2D eigenvalue weighted by Crippen LogP contribution is -2.29. The van der Waals surface area contributed by atoms with Crippen molar-refractivity contribution in [2.24, 2.45) is 0 Å². The lowest BCUT2D eigenvalue weighted by molar-refractivity contribution is 0.0926. The van der Waals surface area contributed by atoms with Gasteiger partial charge in [-0.3, -0.25) is 9.59 Å². The molecule has 4 rings (SSSR count). The van der Waals surface area contributed by atoms with Crippen LogP contribution in [0.25, 0.3) is 0 Å². The van der Waals surface area contributed by atoms with Crippen molar-refractivity contribution in [2.45, 2.75) is 6.61 Å². The summed E-state index contributed by atoms with van der Waals surface area (Å²) < 4.78 is 5.64. The number of aromatic nitrogens is 1. The number of nitrogens with zero attached hydrogens (tertiary/aromatic N) is 2. The van der Waals surface area contributed by atoms with Gasteiger partial charge in [0, 0.05) is 11.6 Å². The monoisotopic (exact) mass is 336 g/mol. The summed E-state index contributed by atoms with van der Waals surface area (Å²) in [6.07, 6.45) is 1.73. The number of anilines is 1. The van der Waals surface area contributed by atoms with E-state index in [0.29, 0.717) is 29.2 Å². The maximum atomic E-state index is 12.4. The Kier molecular flexibility index (Phi) is 3.59. The van der Waals surface area contributed by atoms with E-state index in [4.69, 9.17) is 4.74 Å². The summed E-state index contributed by atoms with van der Waals surface area (Å²) in [4.78, 5) is 30.2. The summed E-state index contributed by atoms with van der Waals surface area (Å²) in [5.41, 5.74) is 1.40. The van der Waals surface area contributed by atoms with Crippen LogP contribution < -0.4 is 9.64 Å². The molecule has 118 valence electrons. The van der Waals surface area contributed by atoms with E-state index < -0.39 is 0 Å². The van der Waals surface area contributed by atoms with Crippen molar-refractivity contribution in [3.8, 4) is 5.75 Å². The Morgan fingerprint density at radius 1 is 0.958 bits per heavy atom. The summed E-state index contributed by atoms with van der Waals surface area (Å²) in [5, 5.41) is 2.78. The Bertz CT molecular complexity index is 869. The molecule has 2 heterocycles. The van der Waals surface area contributed by atoms with Gasteiger partial charge in [-0.15, -0.1) is 11.3 Å². The number of fused-ring (bicyclic) bond motifs is 1. The van der Waals surface area contributed by atoms with Crippen LogP contribution in [0.5, 0.6) is 5.75 Å². The van der Waals surface area contributed by atoms with Crippen molar-refractivity contribution >= 4 is 28.8 Å². The number of hydrogen-bond donors (Lipinski definition) is 0. The summed E-state index contributed by atoms with van der Waals surface area (Å²) in [6.45, 7) is 0.393. The van der Waals surface area contributed by atoms with Crippen LogP contribution in [0.2, 0.25) is 0 Å². The molecular formula is C18H12N2O3S. The molecule has 0 radical (unpaired) electrons. The normalized spacial score (nSPS) is 13.2. The largest absolute Gasteiger partial charge is 0.486 e. The first kappa shape index (κ1) is 14.6. The fraction of sp³-hybridized carbons (Fsp3) is 0.0556. The van der Waals surface area contributed by atoms with E-state index in [-0.39, 0.29) is 11.8 Å². The van der Waals surface area contributed by atoms with E-state index in [1.807, 2.05) is 5.38 Å². The molecule has 2 aromatic carbocycles. The van der Waals surface area contributed by atoms with Crippen LogP contribution in [0.15, 0.2) is 60.1 Å². The average Bonchev–Trinajstić information content (AvgIpc) is 3.22. The number of rotatable bonds is 4. The summed E-state index contributed by atoms with van der Waals surface area (Å²) in [6, 6.07) is 13.7. The number of carbonyl (C=O) groups is 2. The quantitative estimate of drug-likeness (QED) is 0.684. The van der Waals surface area contributed by atoms with E-state index in [0.717, 1.165) is 5.01 Å². The SMILES string of the molecule is O=C1c2ccccc2C(=O)N1c1ccc(OCc2nccs2)cc1. The molecule has 0 aliphatic carbocycles. The van der Waals surface area contributed by atoms with Crippen molar-refractivity contribution in [3.63, 3.8) is 0 Å². The van der Waals surface area contributed by atoms with Gasteiger partial charge in [0.25, 0.3) is 11.8 Å². The minimum atomic E-state index is -0.299. The third kappa shape index (κ3) is 2.47. The number of thiazole rings is 1. The molecule has 2 amide bonds. The third-order valence-corrected chi connectivity index (χ3v) is 4.49. The number of hydrogen-bond acceptors (Lipinski definition) is 5. The zero-order valence-electron chi connectivity index (χ0n) is 12.5. The van der Waals surface area contributed by atoms with Crippen LogP contribution in [-0.4, -0.2) is 16.8 Å². The predicted molar refractivity (Wildman–Crippen MR) is 90.5 cm³/mol. The third-order valence-electron chi connectivity index (χ3n) is 3.73. The van der Waals surface area contributed by atoms with Crippen molar-refractivity contribution in [3.05, 3.63) is 76.2 Å². The van der Waals surface area contributed by atoms with E-state index in [9.17, 15) is 9.59 Å². The molecule has 0 unspecified atom stereocenters. The molecule has 1 aliphatic rings. The average molecular weight is 336 g/mol. The highest BCUT2D eigenvalue weighted by molar-refractivity contribution is 7.09. The molecule has 1 aliphatic heterocycles. The second-order valence-corrected chi connectivity index (χ2v) is 6.18. The standard InChI is InChI=1S/C18H12N2O3S/c21-17-14-3-1-2-4-15(14)18(22)20(17)12-5-7-13(8-6-12)23-11-16-19-9-10-24-16/h1-10H,11H2. The fourth-order valence-electron chi connectivity index (χ4n) is 2.58. The second kappa shape index (κ2) is 5.90. The van der Waals surface area contributed by atoms with Crippen LogP contribution in [-0.2, 0) is 6.61 Å². The van der Waals surface area contributed by atoms with Gasteiger partial charge in [0.15, 0.2) is 0 Å². The van der Waals surface area contributed by atoms with Gasteiger partial charge in [-0.2, -0.15) is 0 Å². The molecule has 3 aromatic rings. The van der Waals surface area contributed by atoms with E-state index in [2.05, 4.69) is 4.98 Å². The first-order valence-electron chi connectivity index (χ1n) is 7.33. The zero-order chi connectivity index (χ0) is 16.5.